The van der Waals surface area contributed by atoms with E-state index in [1.54, 1.807) is 11.8 Å². The number of carbonyl (C=O) groups is 1. The minimum Gasteiger partial charge on any atom is -0.457 e. The second kappa shape index (κ2) is 7.49. The van der Waals surface area contributed by atoms with E-state index in [0.717, 1.165) is 38.3 Å². The van der Waals surface area contributed by atoms with Gasteiger partial charge >= 0.3 is 0 Å². The van der Waals surface area contributed by atoms with Gasteiger partial charge in [-0.1, -0.05) is 39.8 Å². The van der Waals surface area contributed by atoms with Crippen molar-refractivity contribution in [3.8, 4) is 11.3 Å². The number of halogens is 1. The SMILES string of the molecule is O=C1/C(=C/c2ccc(-c3ccc(Br)cc3)o2)SC(S)N1C1C2CC3CC(C2)CC1C3. The molecule has 0 spiro atoms. The van der Waals surface area contributed by atoms with E-state index in [4.69, 9.17) is 17.0 Å². The summed E-state index contributed by atoms with van der Waals surface area (Å²) >= 11 is 9.85. The molecule has 1 unspecified atom stereocenters. The number of furan rings is 1. The fourth-order valence-corrected chi connectivity index (χ4v) is 8.34. The number of thiol groups is 1. The standard InChI is InChI=1S/C24H24BrNO2S2/c25-18-3-1-15(2-4-18)20-6-5-19(28-20)12-21-23(27)26(24(29)30-21)22-16-8-13-7-14(10-16)11-17(22)9-13/h1-6,12-14,16-17,22,24,29H,7-11H2/b21-12-. The lowest BCUT2D eigenvalue weighted by Crippen LogP contribution is -2.57. The molecule has 4 saturated carbocycles. The summed E-state index contributed by atoms with van der Waals surface area (Å²) < 4.78 is 6.98. The second-order valence-electron chi connectivity index (χ2n) is 9.30. The highest BCUT2D eigenvalue weighted by atomic mass is 79.9. The molecule has 0 radical (unpaired) electrons. The predicted octanol–water partition coefficient (Wildman–Crippen LogP) is 6.66. The van der Waals surface area contributed by atoms with Crippen molar-refractivity contribution < 1.29 is 9.21 Å². The topological polar surface area (TPSA) is 33.5 Å². The van der Waals surface area contributed by atoms with Crippen LogP contribution in [0.25, 0.3) is 17.4 Å². The Morgan fingerprint density at radius 1 is 1.00 bits per heavy atom. The van der Waals surface area contributed by atoms with Crippen molar-refractivity contribution >= 4 is 52.3 Å². The largest absolute Gasteiger partial charge is 0.457 e. The van der Waals surface area contributed by atoms with E-state index in [1.165, 1.54) is 32.1 Å². The minimum atomic E-state index is -0.0906. The van der Waals surface area contributed by atoms with Crippen LogP contribution in [0.1, 0.15) is 37.9 Å². The Labute approximate surface area is 195 Å². The lowest BCUT2D eigenvalue weighted by Gasteiger charge is -2.56. The van der Waals surface area contributed by atoms with E-state index in [1.807, 2.05) is 42.5 Å². The average molecular weight is 502 g/mol. The van der Waals surface area contributed by atoms with Gasteiger partial charge in [-0.2, -0.15) is 0 Å². The summed E-state index contributed by atoms with van der Waals surface area (Å²) in [6.07, 6.45) is 8.55. The third-order valence-corrected chi connectivity index (χ3v) is 9.52. The van der Waals surface area contributed by atoms with Gasteiger partial charge in [0.2, 0.25) is 0 Å². The van der Waals surface area contributed by atoms with E-state index in [9.17, 15) is 4.79 Å². The van der Waals surface area contributed by atoms with Crippen LogP contribution >= 0.6 is 40.3 Å². The molecule has 30 heavy (non-hydrogen) atoms. The lowest BCUT2D eigenvalue weighted by atomic mass is 9.54. The molecule has 1 aromatic carbocycles. The normalized spacial score (nSPS) is 36.3. The Kier molecular flexibility index (Phi) is 4.88. The predicted molar refractivity (Wildman–Crippen MR) is 128 cm³/mol. The molecular formula is C24H24BrNO2S2. The summed E-state index contributed by atoms with van der Waals surface area (Å²) in [4.78, 5) is 16.3. The first kappa shape index (κ1) is 19.6. The molecule has 6 heteroatoms. The molecule has 5 aliphatic rings. The number of benzene rings is 1. The molecule has 1 amide bonds. The van der Waals surface area contributed by atoms with E-state index in [-0.39, 0.29) is 10.6 Å². The third kappa shape index (κ3) is 3.30. The molecule has 3 nitrogen and oxygen atoms in total. The number of hydrogen-bond donors (Lipinski definition) is 1. The van der Waals surface area contributed by atoms with Gasteiger partial charge in [0.05, 0.1) is 4.91 Å². The van der Waals surface area contributed by atoms with Crippen LogP contribution in [0.4, 0.5) is 0 Å². The molecule has 5 fully saturated rings. The molecule has 0 N–H and O–H groups in total. The van der Waals surface area contributed by atoms with Crippen molar-refractivity contribution in [1.29, 1.82) is 0 Å². The molecule has 1 saturated heterocycles. The van der Waals surface area contributed by atoms with Gasteiger partial charge in [0, 0.05) is 22.2 Å². The molecule has 2 heterocycles. The van der Waals surface area contributed by atoms with Crippen molar-refractivity contribution in [2.45, 2.75) is 42.9 Å². The average Bonchev–Trinajstić information content (AvgIpc) is 3.28. The second-order valence-corrected chi connectivity index (χ2v) is 12.2. The molecule has 4 bridgehead atoms. The number of amides is 1. The smallest absolute Gasteiger partial charge is 0.262 e. The van der Waals surface area contributed by atoms with Crippen LogP contribution in [-0.2, 0) is 4.79 Å². The van der Waals surface area contributed by atoms with Crippen LogP contribution in [0.5, 0.6) is 0 Å². The van der Waals surface area contributed by atoms with Crippen molar-refractivity contribution in [2.24, 2.45) is 23.7 Å². The van der Waals surface area contributed by atoms with Crippen molar-refractivity contribution in [3.63, 3.8) is 0 Å². The van der Waals surface area contributed by atoms with Gasteiger partial charge in [-0.3, -0.25) is 4.79 Å². The van der Waals surface area contributed by atoms with Crippen molar-refractivity contribution in [1.82, 2.24) is 4.90 Å². The van der Waals surface area contributed by atoms with Gasteiger partial charge in [0.15, 0.2) is 0 Å². The van der Waals surface area contributed by atoms with Crippen LogP contribution < -0.4 is 0 Å². The van der Waals surface area contributed by atoms with E-state index >= 15 is 0 Å². The number of thioether (sulfide) groups is 1. The maximum atomic E-state index is 13.4. The van der Waals surface area contributed by atoms with Crippen LogP contribution in [0.15, 0.2) is 50.2 Å². The highest BCUT2D eigenvalue weighted by Crippen LogP contribution is 2.57. The monoisotopic (exact) mass is 501 g/mol. The van der Waals surface area contributed by atoms with Gasteiger partial charge in [-0.15, -0.1) is 12.6 Å². The first-order valence-corrected chi connectivity index (χ1v) is 13.0. The molecule has 156 valence electrons. The van der Waals surface area contributed by atoms with Gasteiger partial charge in [0.1, 0.15) is 16.2 Å². The van der Waals surface area contributed by atoms with Crippen LogP contribution in [0.2, 0.25) is 0 Å². The summed E-state index contributed by atoms with van der Waals surface area (Å²) in [6, 6.07) is 12.3. The van der Waals surface area contributed by atoms with Crippen LogP contribution in [0.3, 0.4) is 0 Å². The maximum absolute atomic E-state index is 13.4. The molecule has 7 rings (SSSR count). The van der Waals surface area contributed by atoms with E-state index < -0.39 is 0 Å². The fraction of sp³-hybridized carbons (Fsp3) is 0.458. The summed E-state index contributed by atoms with van der Waals surface area (Å²) in [6.45, 7) is 0. The molecule has 2 aromatic rings. The number of carbonyl (C=O) groups excluding carboxylic acids is 1. The number of hydrogen-bond acceptors (Lipinski definition) is 4. The van der Waals surface area contributed by atoms with Gasteiger partial charge < -0.3 is 9.32 Å². The third-order valence-electron chi connectivity index (χ3n) is 7.44. The first-order chi connectivity index (χ1) is 14.5. The Balaban J connectivity index is 1.24. The summed E-state index contributed by atoms with van der Waals surface area (Å²) in [7, 11) is 0. The lowest BCUT2D eigenvalue weighted by molar-refractivity contribution is -0.136. The van der Waals surface area contributed by atoms with Gasteiger partial charge in [-0.25, -0.2) is 0 Å². The van der Waals surface area contributed by atoms with Crippen molar-refractivity contribution in [3.05, 3.63) is 51.5 Å². The Morgan fingerprint density at radius 2 is 1.67 bits per heavy atom. The van der Waals surface area contributed by atoms with Crippen molar-refractivity contribution in [2.75, 3.05) is 0 Å². The number of rotatable bonds is 3. The van der Waals surface area contributed by atoms with E-state index in [2.05, 4.69) is 20.8 Å². The van der Waals surface area contributed by atoms with Crippen LogP contribution in [0, 0.1) is 23.7 Å². The highest BCUT2D eigenvalue weighted by Gasteiger charge is 2.53. The molecular weight excluding hydrogens is 478 g/mol. The fourth-order valence-electron chi connectivity index (χ4n) is 6.51. The highest BCUT2D eigenvalue weighted by molar-refractivity contribution is 9.10. The Hall–Kier alpha value is -1.11. The van der Waals surface area contributed by atoms with E-state index in [0.29, 0.717) is 17.9 Å². The zero-order valence-electron chi connectivity index (χ0n) is 16.5. The molecule has 1 aromatic heterocycles. The number of nitrogens with zero attached hydrogens (tertiary/aromatic N) is 1. The molecule has 4 aliphatic carbocycles. The van der Waals surface area contributed by atoms with Crippen LogP contribution in [-0.4, -0.2) is 21.6 Å². The summed E-state index contributed by atoms with van der Waals surface area (Å²) in [5.41, 5.74) is 1.02. The zero-order chi connectivity index (χ0) is 20.4. The van der Waals surface area contributed by atoms with Gasteiger partial charge in [-0.05, 0) is 80.0 Å². The summed E-state index contributed by atoms with van der Waals surface area (Å²) in [5.74, 6) is 4.82. The quantitative estimate of drug-likeness (QED) is 0.376. The molecule has 1 atom stereocenters. The first-order valence-electron chi connectivity index (χ1n) is 10.8. The van der Waals surface area contributed by atoms with Gasteiger partial charge in [0.25, 0.3) is 5.91 Å². The Bertz CT molecular complexity index is 986. The minimum absolute atomic E-state index is 0.0906. The zero-order valence-corrected chi connectivity index (χ0v) is 19.8. The molecule has 1 aliphatic heterocycles. The maximum Gasteiger partial charge on any atom is 0.262 e. The Morgan fingerprint density at radius 3 is 2.33 bits per heavy atom. The summed E-state index contributed by atoms with van der Waals surface area (Å²) in [5, 5.41) is 0.